The zero-order valence-electron chi connectivity index (χ0n) is 9.00. The van der Waals surface area contributed by atoms with Gasteiger partial charge in [0, 0.05) is 24.0 Å². The third-order valence-corrected chi connectivity index (χ3v) is 2.17. The summed E-state index contributed by atoms with van der Waals surface area (Å²) in [4.78, 5) is 2.03. The van der Waals surface area contributed by atoms with Gasteiger partial charge in [-0.05, 0) is 38.1 Å². The lowest BCUT2D eigenvalue weighted by molar-refractivity contribution is 0.627. The van der Waals surface area contributed by atoms with Crippen LogP contribution in [0.3, 0.4) is 0 Å². The molecule has 2 heteroatoms. The number of hydrogen-bond acceptors (Lipinski definition) is 1. The summed E-state index contributed by atoms with van der Waals surface area (Å²) in [5.41, 5.74) is 1.93. The predicted octanol–water partition coefficient (Wildman–Crippen LogP) is 3.19. The van der Waals surface area contributed by atoms with Crippen molar-refractivity contribution in [3.63, 3.8) is 0 Å². The number of terminal acetylenes is 1. The SMILES string of the molecule is C#C/C=C(/C)N(CC)c1ccc(F)cc1. The molecule has 0 saturated carbocycles. The Morgan fingerprint density at radius 3 is 2.53 bits per heavy atom. The summed E-state index contributed by atoms with van der Waals surface area (Å²) in [5.74, 6) is 2.26. The standard InChI is InChI=1S/C13H14FN/c1-4-6-11(3)15(5-2)13-9-7-12(14)8-10-13/h1,6-10H,5H2,2-3H3/b11-6-. The van der Waals surface area contributed by atoms with Crippen molar-refractivity contribution in [2.75, 3.05) is 11.4 Å². The van der Waals surface area contributed by atoms with E-state index in [4.69, 9.17) is 6.42 Å². The smallest absolute Gasteiger partial charge is 0.123 e. The molecule has 1 aromatic carbocycles. The van der Waals surface area contributed by atoms with Crippen molar-refractivity contribution < 1.29 is 4.39 Å². The first-order chi connectivity index (χ1) is 7.19. The molecule has 0 spiro atoms. The molecule has 1 rings (SSSR count). The molecule has 0 amide bonds. The van der Waals surface area contributed by atoms with E-state index in [-0.39, 0.29) is 5.82 Å². The van der Waals surface area contributed by atoms with Gasteiger partial charge in [-0.1, -0.05) is 5.92 Å². The topological polar surface area (TPSA) is 3.24 Å². The van der Waals surface area contributed by atoms with E-state index in [9.17, 15) is 4.39 Å². The molecule has 1 nitrogen and oxygen atoms in total. The monoisotopic (exact) mass is 203 g/mol. The second kappa shape index (κ2) is 5.21. The Kier molecular flexibility index (Phi) is 3.93. The number of nitrogens with zero attached hydrogens (tertiary/aromatic N) is 1. The molecule has 0 atom stereocenters. The molecule has 0 heterocycles. The molecule has 0 unspecified atom stereocenters. The Morgan fingerprint density at radius 1 is 1.47 bits per heavy atom. The lowest BCUT2D eigenvalue weighted by atomic mass is 10.2. The summed E-state index contributed by atoms with van der Waals surface area (Å²) in [5, 5.41) is 0. The fourth-order valence-electron chi connectivity index (χ4n) is 1.46. The summed E-state index contributed by atoms with van der Waals surface area (Å²) in [6.07, 6.45) is 6.91. The maximum absolute atomic E-state index is 12.7. The van der Waals surface area contributed by atoms with Crippen molar-refractivity contribution in [3.05, 3.63) is 41.9 Å². The summed E-state index contributed by atoms with van der Waals surface area (Å²) in [7, 11) is 0. The van der Waals surface area contributed by atoms with Crippen molar-refractivity contribution in [1.82, 2.24) is 0 Å². The minimum Gasteiger partial charge on any atom is -0.345 e. The highest BCUT2D eigenvalue weighted by molar-refractivity contribution is 5.52. The van der Waals surface area contributed by atoms with Gasteiger partial charge in [0.25, 0.3) is 0 Å². The lowest BCUT2D eigenvalue weighted by Gasteiger charge is -2.23. The van der Waals surface area contributed by atoms with Crippen molar-refractivity contribution in [3.8, 4) is 12.3 Å². The summed E-state index contributed by atoms with van der Waals surface area (Å²) in [6, 6.07) is 6.38. The molecule has 0 N–H and O–H groups in total. The molecule has 78 valence electrons. The average Bonchev–Trinajstić information content (AvgIpc) is 2.22. The van der Waals surface area contributed by atoms with Crippen molar-refractivity contribution in [2.45, 2.75) is 13.8 Å². The third-order valence-electron chi connectivity index (χ3n) is 2.17. The second-order valence-electron chi connectivity index (χ2n) is 3.17. The molecule has 0 fully saturated rings. The van der Waals surface area contributed by atoms with Gasteiger partial charge in [0.1, 0.15) is 5.82 Å². The highest BCUT2D eigenvalue weighted by Gasteiger charge is 2.05. The van der Waals surface area contributed by atoms with Gasteiger partial charge in [0.15, 0.2) is 0 Å². The lowest BCUT2D eigenvalue weighted by Crippen LogP contribution is -2.19. The molecule has 0 aliphatic carbocycles. The average molecular weight is 203 g/mol. The van der Waals surface area contributed by atoms with Crippen LogP contribution in [0.15, 0.2) is 36.0 Å². The number of halogens is 1. The van der Waals surface area contributed by atoms with E-state index in [1.54, 1.807) is 18.2 Å². The van der Waals surface area contributed by atoms with E-state index in [0.29, 0.717) is 0 Å². The minimum atomic E-state index is -0.228. The number of rotatable bonds is 3. The van der Waals surface area contributed by atoms with Crippen LogP contribution in [0.4, 0.5) is 10.1 Å². The highest BCUT2D eigenvalue weighted by atomic mass is 19.1. The third kappa shape index (κ3) is 2.85. The molecule has 1 aromatic rings. The van der Waals surface area contributed by atoms with E-state index < -0.39 is 0 Å². The maximum Gasteiger partial charge on any atom is 0.123 e. The molecule has 0 bridgehead atoms. The largest absolute Gasteiger partial charge is 0.345 e. The Morgan fingerprint density at radius 2 is 2.07 bits per heavy atom. The fraction of sp³-hybridized carbons (Fsp3) is 0.231. The predicted molar refractivity (Wildman–Crippen MR) is 62.0 cm³/mol. The van der Waals surface area contributed by atoms with Gasteiger partial charge in [-0.15, -0.1) is 6.42 Å². The molecule has 0 saturated heterocycles. The minimum absolute atomic E-state index is 0.228. The Balaban J connectivity index is 2.98. The van der Waals surface area contributed by atoms with Crippen LogP contribution in [0.1, 0.15) is 13.8 Å². The number of anilines is 1. The molecular formula is C13H14FN. The number of benzene rings is 1. The van der Waals surface area contributed by atoms with E-state index in [1.165, 1.54) is 12.1 Å². The normalized spacial score (nSPS) is 10.9. The van der Waals surface area contributed by atoms with Crippen molar-refractivity contribution >= 4 is 5.69 Å². The molecule has 0 aliphatic heterocycles. The number of allylic oxidation sites excluding steroid dienone is 2. The fourth-order valence-corrected chi connectivity index (χ4v) is 1.46. The summed E-state index contributed by atoms with van der Waals surface area (Å²) in [6.45, 7) is 4.76. The van der Waals surface area contributed by atoms with Gasteiger partial charge >= 0.3 is 0 Å². The van der Waals surface area contributed by atoms with Gasteiger partial charge in [-0.3, -0.25) is 0 Å². The van der Waals surface area contributed by atoms with E-state index in [0.717, 1.165) is 17.9 Å². The molecule has 0 radical (unpaired) electrons. The quantitative estimate of drug-likeness (QED) is 0.682. The van der Waals surface area contributed by atoms with Crippen LogP contribution in [0.25, 0.3) is 0 Å². The Hall–Kier alpha value is -1.75. The van der Waals surface area contributed by atoms with Crippen LogP contribution in [0.5, 0.6) is 0 Å². The van der Waals surface area contributed by atoms with E-state index in [2.05, 4.69) is 5.92 Å². The van der Waals surface area contributed by atoms with Gasteiger partial charge in [0.2, 0.25) is 0 Å². The Labute approximate surface area is 90.2 Å². The van der Waals surface area contributed by atoms with Crippen molar-refractivity contribution in [2.24, 2.45) is 0 Å². The van der Waals surface area contributed by atoms with Crippen LogP contribution in [0, 0.1) is 18.2 Å². The highest BCUT2D eigenvalue weighted by Crippen LogP contribution is 2.18. The van der Waals surface area contributed by atoms with Gasteiger partial charge in [-0.25, -0.2) is 4.39 Å². The summed E-state index contributed by atoms with van der Waals surface area (Å²) < 4.78 is 12.7. The maximum atomic E-state index is 12.7. The molecular weight excluding hydrogens is 189 g/mol. The summed E-state index contributed by atoms with van der Waals surface area (Å²) >= 11 is 0. The second-order valence-corrected chi connectivity index (χ2v) is 3.17. The van der Waals surface area contributed by atoms with Gasteiger partial charge in [0.05, 0.1) is 0 Å². The number of hydrogen-bond donors (Lipinski definition) is 0. The molecule has 0 aromatic heterocycles. The van der Waals surface area contributed by atoms with Crippen LogP contribution < -0.4 is 4.90 Å². The van der Waals surface area contributed by atoms with Crippen LogP contribution in [-0.4, -0.2) is 6.54 Å². The molecule has 0 aliphatic rings. The van der Waals surface area contributed by atoms with E-state index >= 15 is 0 Å². The molecule has 15 heavy (non-hydrogen) atoms. The zero-order chi connectivity index (χ0) is 11.3. The van der Waals surface area contributed by atoms with Crippen LogP contribution >= 0.6 is 0 Å². The van der Waals surface area contributed by atoms with Gasteiger partial charge in [-0.2, -0.15) is 0 Å². The van der Waals surface area contributed by atoms with Gasteiger partial charge < -0.3 is 4.90 Å². The van der Waals surface area contributed by atoms with E-state index in [1.807, 2.05) is 18.7 Å². The van der Waals surface area contributed by atoms with Crippen molar-refractivity contribution in [1.29, 1.82) is 0 Å². The Bertz CT molecular complexity index is 384. The first kappa shape index (κ1) is 11.3. The first-order valence-electron chi connectivity index (χ1n) is 4.85. The first-order valence-corrected chi connectivity index (χ1v) is 4.85. The van der Waals surface area contributed by atoms with Crippen LogP contribution in [-0.2, 0) is 0 Å². The zero-order valence-corrected chi connectivity index (χ0v) is 9.00. The van der Waals surface area contributed by atoms with Crippen LogP contribution in [0.2, 0.25) is 0 Å².